The molecule has 1 fully saturated rings. The molecule has 0 spiro atoms. The van der Waals surface area contributed by atoms with Crippen LogP contribution in [-0.4, -0.2) is 47.8 Å². The number of urea groups is 1. The lowest BCUT2D eigenvalue weighted by Gasteiger charge is -2.17. The van der Waals surface area contributed by atoms with Gasteiger partial charge < -0.3 is 10.2 Å². The van der Waals surface area contributed by atoms with Crippen molar-refractivity contribution in [1.82, 2.24) is 15.1 Å². The smallest absolute Gasteiger partial charge is 0.326 e. The van der Waals surface area contributed by atoms with Crippen LogP contribution in [0.2, 0.25) is 10.0 Å². The molecule has 1 aromatic carbocycles. The van der Waals surface area contributed by atoms with Crippen LogP contribution in [0.1, 0.15) is 31.4 Å². The molecule has 6 nitrogen and oxygen atoms in total. The highest BCUT2D eigenvalue weighted by Crippen LogP contribution is 2.26. The molecule has 0 aliphatic carbocycles. The second kappa shape index (κ2) is 7.85. The minimum atomic E-state index is -0.318. The Kier molecular flexibility index (Phi) is 6.07. The fraction of sp³-hybridized carbons (Fsp3) is 0.438. The number of imide groups is 1. The fourth-order valence-electron chi connectivity index (χ4n) is 2.53. The van der Waals surface area contributed by atoms with Gasteiger partial charge in [0, 0.05) is 30.1 Å². The molecule has 130 valence electrons. The van der Waals surface area contributed by atoms with E-state index in [1.165, 1.54) is 9.80 Å². The number of hydrogen-bond acceptors (Lipinski definition) is 3. The molecular formula is C16H19Cl2N3O3. The first-order valence-corrected chi connectivity index (χ1v) is 8.35. The van der Waals surface area contributed by atoms with Gasteiger partial charge in [-0.1, -0.05) is 29.3 Å². The Labute approximate surface area is 150 Å². The first kappa shape index (κ1) is 18.5. The van der Waals surface area contributed by atoms with Crippen molar-refractivity contribution >= 4 is 41.0 Å². The summed E-state index contributed by atoms with van der Waals surface area (Å²) in [5, 5.41) is 3.87. The van der Waals surface area contributed by atoms with Gasteiger partial charge in [-0.2, -0.15) is 0 Å². The highest BCUT2D eigenvalue weighted by Gasteiger charge is 2.32. The first-order chi connectivity index (χ1) is 11.3. The van der Waals surface area contributed by atoms with Crippen LogP contribution in [-0.2, 0) is 9.59 Å². The van der Waals surface area contributed by atoms with Crippen molar-refractivity contribution < 1.29 is 14.4 Å². The van der Waals surface area contributed by atoms with Crippen molar-refractivity contribution in [3.8, 4) is 0 Å². The quantitative estimate of drug-likeness (QED) is 0.781. The van der Waals surface area contributed by atoms with E-state index in [0.717, 1.165) is 5.56 Å². The van der Waals surface area contributed by atoms with Gasteiger partial charge in [0.15, 0.2) is 0 Å². The van der Waals surface area contributed by atoms with Gasteiger partial charge in [-0.05, 0) is 31.0 Å². The standard InChI is InChI=1S/C16H19Cl2N3O3/c1-10(12-6-5-11(17)8-13(12)18)19-14(22)4-3-7-21-15(23)9-20(2)16(21)24/h5-6,8,10H,3-4,7,9H2,1-2H3,(H,19,22). The average Bonchev–Trinajstić information content (AvgIpc) is 2.73. The van der Waals surface area contributed by atoms with E-state index in [2.05, 4.69) is 5.32 Å². The number of halogens is 2. The number of nitrogens with zero attached hydrogens (tertiary/aromatic N) is 2. The van der Waals surface area contributed by atoms with Gasteiger partial charge in [0.2, 0.25) is 11.8 Å². The fourth-order valence-corrected chi connectivity index (χ4v) is 3.10. The van der Waals surface area contributed by atoms with Crippen molar-refractivity contribution in [3.05, 3.63) is 33.8 Å². The molecule has 2 rings (SSSR count). The summed E-state index contributed by atoms with van der Waals surface area (Å²) in [5.41, 5.74) is 0.779. The Bertz CT molecular complexity index is 666. The molecule has 0 bridgehead atoms. The van der Waals surface area contributed by atoms with Gasteiger partial charge in [0.05, 0.1) is 6.04 Å². The minimum Gasteiger partial charge on any atom is -0.350 e. The SMILES string of the molecule is CC(NC(=O)CCCN1C(=O)CN(C)C1=O)c1ccc(Cl)cc1Cl. The number of benzene rings is 1. The molecule has 8 heteroatoms. The summed E-state index contributed by atoms with van der Waals surface area (Å²) in [5.74, 6) is -0.398. The second-order valence-corrected chi connectivity index (χ2v) is 6.59. The number of amides is 4. The van der Waals surface area contributed by atoms with Crippen molar-refractivity contribution in [2.45, 2.75) is 25.8 Å². The predicted octanol–water partition coefficient (Wildman–Crippen LogP) is 2.84. The van der Waals surface area contributed by atoms with E-state index < -0.39 is 0 Å². The summed E-state index contributed by atoms with van der Waals surface area (Å²) in [4.78, 5) is 37.9. The van der Waals surface area contributed by atoms with Crippen LogP contribution in [0.3, 0.4) is 0 Å². The topological polar surface area (TPSA) is 69.7 Å². The molecule has 0 aromatic heterocycles. The van der Waals surface area contributed by atoms with Crippen molar-refractivity contribution in [2.24, 2.45) is 0 Å². The Morgan fingerprint density at radius 2 is 2.04 bits per heavy atom. The molecule has 1 aliphatic rings. The highest BCUT2D eigenvalue weighted by atomic mass is 35.5. The average molecular weight is 372 g/mol. The van der Waals surface area contributed by atoms with Crippen LogP contribution in [0.4, 0.5) is 4.79 Å². The zero-order valence-electron chi connectivity index (χ0n) is 13.5. The van der Waals surface area contributed by atoms with Crippen LogP contribution in [0.15, 0.2) is 18.2 Å². The number of likely N-dealkylation sites (N-methyl/N-ethyl adjacent to an activating group) is 1. The Morgan fingerprint density at radius 1 is 1.33 bits per heavy atom. The zero-order valence-corrected chi connectivity index (χ0v) is 15.0. The Hall–Kier alpha value is -1.79. The summed E-state index contributed by atoms with van der Waals surface area (Å²) in [6, 6.07) is 4.53. The molecule has 1 aromatic rings. The third kappa shape index (κ3) is 4.39. The van der Waals surface area contributed by atoms with Gasteiger partial charge in [-0.3, -0.25) is 14.5 Å². The maximum atomic E-state index is 12.0. The molecule has 0 radical (unpaired) electrons. The molecule has 1 saturated heterocycles. The number of rotatable bonds is 6. The molecule has 4 amide bonds. The molecule has 1 aliphatic heterocycles. The van der Waals surface area contributed by atoms with Crippen LogP contribution in [0.25, 0.3) is 0 Å². The molecule has 0 saturated carbocycles. The summed E-state index contributed by atoms with van der Waals surface area (Å²) in [6.07, 6.45) is 0.633. The van der Waals surface area contributed by atoms with Crippen LogP contribution < -0.4 is 5.32 Å². The van der Waals surface area contributed by atoms with Crippen LogP contribution in [0.5, 0.6) is 0 Å². The monoisotopic (exact) mass is 371 g/mol. The van der Waals surface area contributed by atoms with Crippen molar-refractivity contribution in [3.63, 3.8) is 0 Å². The predicted molar refractivity (Wildman–Crippen MR) is 92.0 cm³/mol. The molecular weight excluding hydrogens is 353 g/mol. The first-order valence-electron chi connectivity index (χ1n) is 7.59. The van der Waals surface area contributed by atoms with Crippen molar-refractivity contribution in [2.75, 3.05) is 20.1 Å². The lowest BCUT2D eigenvalue weighted by molar-refractivity contribution is -0.126. The summed E-state index contributed by atoms with van der Waals surface area (Å²) in [7, 11) is 1.57. The molecule has 1 N–H and O–H groups in total. The van der Waals surface area contributed by atoms with E-state index in [9.17, 15) is 14.4 Å². The number of carbonyl (C=O) groups is 3. The minimum absolute atomic E-state index is 0.0944. The Balaban J connectivity index is 1.81. The van der Waals surface area contributed by atoms with Gasteiger partial charge in [-0.25, -0.2) is 4.79 Å². The molecule has 24 heavy (non-hydrogen) atoms. The summed E-state index contributed by atoms with van der Waals surface area (Å²) >= 11 is 12.0. The Morgan fingerprint density at radius 3 is 2.62 bits per heavy atom. The van der Waals surface area contributed by atoms with E-state index in [-0.39, 0.29) is 43.4 Å². The largest absolute Gasteiger partial charge is 0.350 e. The van der Waals surface area contributed by atoms with E-state index >= 15 is 0 Å². The number of carbonyl (C=O) groups excluding carboxylic acids is 3. The lowest BCUT2D eigenvalue weighted by atomic mass is 10.1. The lowest BCUT2D eigenvalue weighted by Crippen LogP contribution is -2.33. The van der Waals surface area contributed by atoms with Gasteiger partial charge >= 0.3 is 6.03 Å². The summed E-state index contributed by atoms with van der Waals surface area (Å²) in [6.45, 7) is 2.16. The molecule has 1 unspecified atom stereocenters. The van der Waals surface area contributed by atoms with Crippen LogP contribution >= 0.6 is 23.2 Å². The highest BCUT2D eigenvalue weighted by molar-refractivity contribution is 6.35. The maximum absolute atomic E-state index is 12.0. The summed E-state index contributed by atoms with van der Waals surface area (Å²) < 4.78 is 0. The van der Waals surface area contributed by atoms with Crippen LogP contribution in [0, 0.1) is 0 Å². The number of hydrogen-bond donors (Lipinski definition) is 1. The van der Waals surface area contributed by atoms with E-state index in [4.69, 9.17) is 23.2 Å². The zero-order chi connectivity index (χ0) is 17.9. The molecule has 1 heterocycles. The second-order valence-electron chi connectivity index (χ2n) is 5.74. The van der Waals surface area contributed by atoms with E-state index in [1.807, 2.05) is 6.92 Å². The van der Waals surface area contributed by atoms with E-state index in [1.54, 1.807) is 25.2 Å². The third-order valence-electron chi connectivity index (χ3n) is 3.82. The van der Waals surface area contributed by atoms with Crippen molar-refractivity contribution in [1.29, 1.82) is 0 Å². The maximum Gasteiger partial charge on any atom is 0.326 e. The van der Waals surface area contributed by atoms with Gasteiger partial charge in [0.1, 0.15) is 6.54 Å². The third-order valence-corrected chi connectivity index (χ3v) is 4.39. The molecule has 1 atom stereocenters. The van der Waals surface area contributed by atoms with Gasteiger partial charge in [-0.15, -0.1) is 0 Å². The normalized spacial score (nSPS) is 15.8. The number of nitrogens with one attached hydrogen (secondary N) is 1. The van der Waals surface area contributed by atoms with E-state index in [0.29, 0.717) is 16.5 Å². The van der Waals surface area contributed by atoms with Gasteiger partial charge in [0.25, 0.3) is 0 Å².